The molecule has 1 aliphatic rings. The van der Waals surface area contributed by atoms with Crippen molar-refractivity contribution < 1.29 is 19.0 Å². The lowest BCUT2D eigenvalue weighted by Gasteiger charge is -2.10. The summed E-state index contributed by atoms with van der Waals surface area (Å²) >= 11 is 1.59. The highest BCUT2D eigenvalue weighted by Gasteiger charge is 2.26. The summed E-state index contributed by atoms with van der Waals surface area (Å²) in [6.07, 6.45) is -0.157. The largest absolute Gasteiger partial charge is 0.462 e. The number of esters is 1. The van der Waals surface area contributed by atoms with E-state index in [4.69, 9.17) is 14.2 Å². The molecule has 0 aromatic rings. The van der Waals surface area contributed by atoms with Gasteiger partial charge in [0.1, 0.15) is 12.0 Å². The average Bonchev–Trinajstić information content (AvgIpc) is 2.48. The number of carbonyl (C=O) groups excluding carboxylic acids is 1. The van der Waals surface area contributed by atoms with Crippen molar-refractivity contribution in [1.29, 1.82) is 0 Å². The second kappa shape index (κ2) is 4.69. The maximum atomic E-state index is 10.4. The monoisotopic (exact) mass is 192 g/mol. The smallest absolute Gasteiger partial charge is 0.302 e. The zero-order valence-corrected chi connectivity index (χ0v) is 7.93. The van der Waals surface area contributed by atoms with E-state index in [0.717, 1.165) is 5.75 Å². The first-order valence-electron chi connectivity index (χ1n) is 3.65. The van der Waals surface area contributed by atoms with Gasteiger partial charge in [0.2, 0.25) is 0 Å². The molecule has 2 atom stereocenters. The molecule has 12 heavy (non-hydrogen) atoms. The maximum Gasteiger partial charge on any atom is 0.302 e. The predicted molar refractivity (Wildman–Crippen MR) is 44.8 cm³/mol. The van der Waals surface area contributed by atoms with Gasteiger partial charge in [-0.3, -0.25) is 4.79 Å². The van der Waals surface area contributed by atoms with Crippen molar-refractivity contribution in [1.82, 2.24) is 0 Å². The standard InChI is InChI=1S/C7H12O4S/c1-5(8)10-3-7-11-6(9-2)4-12-7/h6-7H,3-4H2,1-2H3/t6?,7-/m1/s1. The number of rotatable bonds is 3. The van der Waals surface area contributed by atoms with E-state index in [1.807, 2.05) is 0 Å². The van der Waals surface area contributed by atoms with Gasteiger partial charge in [-0.25, -0.2) is 0 Å². The fraction of sp³-hybridized carbons (Fsp3) is 0.857. The van der Waals surface area contributed by atoms with Crippen molar-refractivity contribution in [3.8, 4) is 0 Å². The van der Waals surface area contributed by atoms with Gasteiger partial charge < -0.3 is 14.2 Å². The summed E-state index contributed by atoms with van der Waals surface area (Å²) < 4.78 is 15.1. The number of thioether (sulfide) groups is 1. The average molecular weight is 192 g/mol. The van der Waals surface area contributed by atoms with Gasteiger partial charge in [0, 0.05) is 19.8 Å². The molecule has 0 spiro atoms. The Kier molecular flexibility index (Phi) is 3.84. The number of hydrogen-bond acceptors (Lipinski definition) is 5. The van der Waals surface area contributed by atoms with Gasteiger partial charge in [-0.05, 0) is 0 Å². The van der Waals surface area contributed by atoms with Crippen LogP contribution in [0.5, 0.6) is 0 Å². The molecular formula is C7H12O4S. The minimum absolute atomic E-state index is 0.0705. The van der Waals surface area contributed by atoms with E-state index in [0.29, 0.717) is 6.61 Å². The van der Waals surface area contributed by atoms with Crippen LogP contribution in [0.4, 0.5) is 0 Å². The van der Waals surface area contributed by atoms with Gasteiger partial charge in [-0.1, -0.05) is 0 Å². The van der Waals surface area contributed by atoms with Gasteiger partial charge in [-0.15, -0.1) is 11.8 Å². The molecule has 0 amide bonds. The van der Waals surface area contributed by atoms with E-state index < -0.39 is 0 Å². The summed E-state index contributed by atoms with van der Waals surface area (Å²) in [5, 5.41) is 0. The number of methoxy groups -OCH3 is 1. The SMILES string of the molecule is COC1CS[C@H](COC(C)=O)O1. The van der Waals surface area contributed by atoms with E-state index in [9.17, 15) is 4.79 Å². The Morgan fingerprint density at radius 2 is 2.50 bits per heavy atom. The van der Waals surface area contributed by atoms with Crippen LogP contribution in [0.2, 0.25) is 0 Å². The Bertz CT molecular complexity index is 161. The fourth-order valence-corrected chi connectivity index (χ4v) is 1.78. The van der Waals surface area contributed by atoms with E-state index in [1.54, 1.807) is 18.9 Å². The Labute approximate surface area is 75.5 Å². The maximum absolute atomic E-state index is 10.4. The van der Waals surface area contributed by atoms with Gasteiger partial charge in [0.05, 0.1) is 0 Å². The van der Waals surface area contributed by atoms with Crippen molar-refractivity contribution >= 4 is 17.7 Å². The highest BCUT2D eigenvalue weighted by atomic mass is 32.2. The van der Waals surface area contributed by atoms with Crippen molar-refractivity contribution in [2.75, 3.05) is 19.5 Å². The molecule has 0 saturated carbocycles. The molecular weight excluding hydrogens is 180 g/mol. The fourth-order valence-electron chi connectivity index (χ4n) is 0.830. The van der Waals surface area contributed by atoms with Crippen molar-refractivity contribution in [3.63, 3.8) is 0 Å². The molecule has 0 aliphatic carbocycles. The summed E-state index contributed by atoms with van der Waals surface area (Å²) in [6.45, 7) is 1.69. The number of hydrogen-bond donors (Lipinski definition) is 0. The van der Waals surface area contributed by atoms with Gasteiger partial charge in [0.25, 0.3) is 0 Å². The zero-order chi connectivity index (χ0) is 8.97. The highest BCUT2D eigenvalue weighted by molar-refractivity contribution is 8.00. The van der Waals surface area contributed by atoms with Crippen LogP contribution in [-0.2, 0) is 19.0 Å². The van der Waals surface area contributed by atoms with Crippen LogP contribution in [0, 0.1) is 0 Å². The zero-order valence-electron chi connectivity index (χ0n) is 7.11. The molecule has 0 aromatic heterocycles. The Balaban J connectivity index is 2.15. The molecule has 0 radical (unpaired) electrons. The lowest BCUT2D eigenvalue weighted by Crippen LogP contribution is -2.18. The van der Waals surface area contributed by atoms with Crippen molar-refractivity contribution in [2.24, 2.45) is 0 Å². The molecule has 1 saturated heterocycles. The van der Waals surface area contributed by atoms with E-state index >= 15 is 0 Å². The summed E-state index contributed by atoms with van der Waals surface area (Å²) in [5.74, 6) is 0.516. The molecule has 1 unspecified atom stereocenters. The van der Waals surface area contributed by atoms with E-state index in [1.165, 1.54) is 6.92 Å². The third-order valence-corrected chi connectivity index (χ3v) is 2.49. The molecule has 1 fully saturated rings. The van der Waals surface area contributed by atoms with E-state index in [2.05, 4.69) is 0 Å². The minimum atomic E-state index is -0.278. The number of carbonyl (C=O) groups is 1. The third kappa shape index (κ3) is 3.00. The second-order valence-corrected chi connectivity index (χ2v) is 3.56. The summed E-state index contributed by atoms with van der Waals surface area (Å²) in [7, 11) is 1.60. The van der Waals surface area contributed by atoms with Crippen molar-refractivity contribution in [3.05, 3.63) is 0 Å². The Morgan fingerprint density at radius 1 is 1.75 bits per heavy atom. The van der Waals surface area contributed by atoms with Gasteiger partial charge >= 0.3 is 5.97 Å². The summed E-state index contributed by atoms with van der Waals surface area (Å²) in [5.41, 5.74) is -0.0705. The molecule has 1 rings (SSSR count). The Hall–Kier alpha value is -0.260. The molecule has 1 aliphatic heterocycles. The number of ether oxygens (including phenoxy) is 3. The molecule has 0 aromatic carbocycles. The Morgan fingerprint density at radius 3 is 3.00 bits per heavy atom. The van der Waals surface area contributed by atoms with Gasteiger partial charge in [0.15, 0.2) is 6.29 Å². The van der Waals surface area contributed by atoms with Crippen LogP contribution < -0.4 is 0 Å². The summed E-state index contributed by atoms with van der Waals surface area (Å²) in [4.78, 5) is 10.4. The van der Waals surface area contributed by atoms with Crippen LogP contribution in [-0.4, -0.2) is 37.2 Å². The van der Waals surface area contributed by atoms with Crippen molar-refractivity contribution in [2.45, 2.75) is 18.6 Å². The van der Waals surface area contributed by atoms with E-state index in [-0.39, 0.29) is 17.7 Å². The quantitative estimate of drug-likeness (QED) is 0.613. The van der Waals surface area contributed by atoms with Crippen LogP contribution in [0.15, 0.2) is 0 Å². The molecule has 70 valence electrons. The molecule has 4 nitrogen and oxygen atoms in total. The topological polar surface area (TPSA) is 44.8 Å². The predicted octanol–water partition coefficient (Wildman–Crippen LogP) is 0.611. The van der Waals surface area contributed by atoms with Crippen LogP contribution in [0.3, 0.4) is 0 Å². The highest BCUT2D eigenvalue weighted by Crippen LogP contribution is 2.25. The molecule has 5 heteroatoms. The molecule has 0 bridgehead atoms. The first-order valence-corrected chi connectivity index (χ1v) is 4.70. The first-order chi connectivity index (χ1) is 5.72. The second-order valence-electron chi connectivity index (χ2n) is 2.37. The minimum Gasteiger partial charge on any atom is -0.462 e. The lowest BCUT2D eigenvalue weighted by atomic mass is 10.7. The van der Waals surface area contributed by atoms with Crippen LogP contribution >= 0.6 is 11.8 Å². The van der Waals surface area contributed by atoms with Crippen LogP contribution in [0.25, 0.3) is 0 Å². The molecule has 1 heterocycles. The first kappa shape index (κ1) is 9.83. The normalized spacial score (nSPS) is 28.8. The lowest BCUT2D eigenvalue weighted by molar-refractivity contribution is -0.150. The molecule has 0 N–H and O–H groups in total. The third-order valence-electron chi connectivity index (χ3n) is 1.41. The summed E-state index contributed by atoms with van der Waals surface area (Å²) in [6, 6.07) is 0. The van der Waals surface area contributed by atoms with Crippen LogP contribution in [0.1, 0.15) is 6.92 Å². The van der Waals surface area contributed by atoms with Gasteiger partial charge in [-0.2, -0.15) is 0 Å².